The predicted octanol–water partition coefficient (Wildman–Crippen LogP) is 2.05. The van der Waals surface area contributed by atoms with Crippen LogP contribution in [0.4, 0.5) is 0 Å². The molecule has 1 saturated heterocycles. The lowest BCUT2D eigenvalue weighted by atomic mass is 9.73. The monoisotopic (exact) mass is 268 g/mol. The van der Waals surface area contributed by atoms with Gasteiger partial charge in [0.15, 0.2) is 0 Å². The average molecular weight is 268 g/mol. The zero-order valence-electron chi connectivity index (χ0n) is 12.6. The van der Waals surface area contributed by atoms with E-state index >= 15 is 0 Å². The van der Waals surface area contributed by atoms with Gasteiger partial charge in [0.1, 0.15) is 0 Å². The van der Waals surface area contributed by atoms with Gasteiger partial charge in [0.25, 0.3) is 0 Å². The first-order valence-corrected chi connectivity index (χ1v) is 7.56. The fourth-order valence-electron chi connectivity index (χ4n) is 3.56. The fraction of sp³-hybridized carbons (Fsp3) is 0.933. The van der Waals surface area contributed by atoms with Crippen molar-refractivity contribution in [1.29, 1.82) is 0 Å². The molecule has 2 aliphatic rings. The van der Waals surface area contributed by atoms with Crippen LogP contribution in [0.25, 0.3) is 0 Å². The highest BCUT2D eigenvalue weighted by atomic mass is 16.4. The zero-order valence-corrected chi connectivity index (χ0v) is 12.6. The molecule has 19 heavy (non-hydrogen) atoms. The van der Waals surface area contributed by atoms with Crippen molar-refractivity contribution >= 4 is 5.97 Å². The highest BCUT2D eigenvalue weighted by Crippen LogP contribution is 2.38. The minimum atomic E-state index is -0.615. The van der Waals surface area contributed by atoms with Gasteiger partial charge in [-0.25, -0.2) is 0 Å². The van der Waals surface area contributed by atoms with Crippen LogP contribution in [-0.4, -0.2) is 60.1 Å². The van der Waals surface area contributed by atoms with E-state index in [0.29, 0.717) is 12.1 Å². The van der Waals surface area contributed by atoms with Crippen molar-refractivity contribution in [2.24, 2.45) is 5.41 Å². The minimum absolute atomic E-state index is 0.479. The summed E-state index contributed by atoms with van der Waals surface area (Å²) in [4.78, 5) is 16.2. The molecule has 2 fully saturated rings. The van der Waals surface area contributed by atoms with Gasteiger partial charge in [-0.15, -0.1) is 0 Å². The van der Waals surface area contributed by atoms with E-state index in [2.05, 4.69) is 23.9 Å². The molecule has 4 nitrogen and oxygen atoms in total. The number of likely N-dealkylation sites (N-methyl/N-ethyl adjacent to an activating group) is 1. The Hall–Kier alpha value is -0.610. The Bertz CT molecular complexity index is 322. The smallest absolute Gasteiger partial charge is 0.309 e. The molecule has 1 aliphatic heterocycles. The van der Waals surface area contributed by atoms with Gasteiger partial charge < -0.3 is 10.0 Å². The van der Waals surface area contributed by atoms with Crippen LogP contribution in [0.15, 0.2) is 0 Å². The first kappa shape index (κ1) is 14.8. The summed E-state index contributed by atoms with van der Waals surface area (Å²) in [5.74, 6) is -0.615. The Balaban J connectivity index is 1.89. The second kappa shape index (κ2) is 5.80. The third-order valence-corrected chi connectivity index (χ3v) is 5.25. The van der Waals surface area contributed by atoms with E-state index in [9.17, 15) is 9.90 Å². The summed E-state index contributed by atoms with van der Waals surface area (Å²) >= 11 is 0. The lowest BCUT2D eigenvalue weighted by molar-refractivity contribution is -0.150. The fourth-order valence-corrected chi connectivity index (χ4v) is 3.56. The molecular weight excluding hydrogens is 240 g/mol. The maximum Gasteiger partial charge on any atom is 0.309 e. The second-order valence-electron chi connectivity index (χ2n) is 6.85. The molecule has 1 unspecified atom stereocenters. The van der Waals surface area contributed by atoms with Gasteiger partial charge in [-0.05, 0) is 66.1 Å². The minimum Gasteiger partial charge on any atom is -0.481 e. The normalized spacial score (nSPS) is 37.5. The molecule has 0 spiro atoms. The zero-order chi connectivity index (χ0) is 14.0. The van der Waals surface area contributed by atoms with Gasteiger partial charge in [0.05, 0.1) is 5.41 Å². The standard InChI is InChI=1S/C15H28N2O2/c1-15(14(18)19)8-6-12(7-9-15)17-10-4-5-13(11-17)16(2)3/h12-13H,4-11H2,1-3H3,(H,18,19). The predicted molar refractivity (Wildman–Crippen MR) is 76.3 cm³/mol. The quantitative estimate of drug-likeness (QED) is 0.851. The number of carboxylic acids is 1. The maximum absolute atomic E-state index is 11.3. The molecule has 0 bridgehead atoms. The van der Waals surface area contributed by atoms with Gasteiger partial charge in [-0.1, -0.05) is 0 Å². The lowest BCUT2D eigenvalue weighted by Gasteiger charge is -2.44. The highest BCUT2D eigenvalue weighted by Gasteiger charge is 2.39. The number of carbonyl (C=O) groups is 1. The molecule has 110 valence electrons. The van der Waals surface area contributed by atoms with Crippen molar-refractivity contribution in [2.45, 2.75) is 57.5 Å². The molecule has 1 heterocycles. The number of rotatable bonds is 3. The maximum atomic E-state index is 11.3. The molecule has 0 aromatic rings. The molecule has 0 aromatic heterocycles. The highest BCUT2D eigenvalue weighted by molar-refractivity contribution is 5.74. The van der Waals surface area contributed by atoms with Crippen LogP contribution in [0.5, 0.6) is 0 Å². The molecule has 1 atom stereocenters. The van der Waals surface area contributed by atoms with Gasteiger partial charge in [-0.3, -0.25) is 9.69 Å². The van der Waals surface area contributed by atoms with E-state index in [4.69, 9.17) is 0 Å². The summed E-state index contributed by atoms with van der Waals surface area (Å²) in [5, 5.41) is 9.29. The van der Waals surface area contributed by atoms with Crippen LogP contribution in [0.2, 0.25) is 0 Å². The van der Waals surface area contributed by atoms with Crippen molar-refractivity contribution in [3.63, 3.8) is 0 Å². The summed E-state index contributed by atoms with van der Waals surface area (Å²) in [5.41, 5.74) is -0.479. The van der Waals surface area contributed by atoms with E-state index < -0.39 is 11.4 Å². The third kappa shape index (κ3) is 3.29. The Morgan fingerprint density at radius 1 is 1.26 bits per heavy atom. The van der Waals surface area contributed by atoms with Gasteiger partial charge in [0, 0.05) is 18.6 Å². The first-order chi connectivity index (χ1) is 8.92. The van der Waals surface area contributed by atoms with Gasteiger partial charge in [-0.2, -0.15) is 0 Å². The molecule has 0 radical (unpaired) electrons. The number of likely N-dealkylation sites (tertiary alicyclic amines) is 1. The van der Waals surface area contributed by atoms with E-state index in [1.54, 1.807) is 0 Å². The van der Waals surface area contributed by atoms with Crippen molar-refractivity contribution < 1.29 is 9.90 Å². The van der Waals surface area contributed by atoms with Crippen LogP contribution >= 0.6 is 0 Å². The molecule has 1 N–H and O–H groups in total. The van der Waals surface area contributed by atoms with Crippen molar-refractivity contribution in [1.82, 2.24) is 9.80 Å². The number of nitrogens with zero attached hydrogens (tertiary/aromatic N) is 2. The van der Waals surface area contributed by atoms with Crippen molar-refractivity contribution in [2.75, 3.05) is 27.2 Å². The van der Waals surface area contributed by atoms with Gasteiger partial charge >= 0.3 is 5.97 Å². The number of piperidine rings is 1. The molecule has 0 aromatic carbocycles. The van der Waals surface area contributed by atoms with E-state index in [-0.39, 0.29) is 0 Å². The molecule has 2 rings (SSSR count). The van der Waals surface area contributed by atoms with Crippen LogP contribution < -0.4 is 0 Å². The largest absolute Gasteiger partial charge is 0.481 e. The molecular formula is C15H28N2O2. The Kier molecular flexibility index (Phi) is 4.51. The SMILES string of the molecule is CN(C)C1CCCN(C2CCC(C)(C(=O)O)CC2)C1. The summed E-state index contributed by atoms with van der Waals surface area (Å²) in [6.45, 7) is 4.25. The average Bonchev–Trinajstić information content (AvgIpc) is 2.39. The van der Waals surface area contributed by atoms with Crippen LogP contribution in [0, 0.1) is 5.41 Å². The van der Waals surface area contributed by atoms with Crippen LogP contribution in [0.3, 0.4) is 0 Å². The summed E-state index contributed by atoms with van der Waals surface area (Å²) in [6, 6.07) is 1.27. The molecule has 0 amide bonds. The van der Waals surface area contributed by atoms with Crippen molar-refractivity contribution in [3.8, 4) is 0 Å². The Morgan fingerprint density at radius 2 is 1.89 bits per heavy atom. The molecule has 1 aliphatic carbocycles. The second-order valence-corrected chi connectivity index (χ2v) is 6.85. The van der Waals surface area contributed by atoms with E-state index in [1.807, 2.05) is 6.92 Å². The van der Waals surface area contributed by atoms with E-state index in [1.165, 1.54) is 19.4 Å². The topological polar surface area (TPSA) is 43.8 Å². The molecule has 1 saturated carbocycles. The van der Waals surface area contributed by atoms with Crippen LogP contribution in [0.1, 0.15) is 45.4 Å². The number of hydrogen-bond donors (Lipinski definition) is 1. The summed E-state index contributed by atoms with van der Waals surface area (Å²) < 4.78 is 0. The first-order valence-electron chi connectivity index (χ1n) is 7.56. The molecule has 4 heteroatoms. The van der Waals surface area contributed by atoms with E-state index in [0.717, 1.165) is 32.2 Å². The lowest BCUT2D eigenvalue weighted by Crippen LogP contribution is -2.51. The summed E-state index contributed by atoms with van der Waals surface area (Å²) in [6.07, 6.45) is 6.32. The summed E-state index contributed by atoms with van der Waals surface area (Å²) in [7, 11) is 4.33. The third-order valence-electron chi connectivity index (χ3n) is 5.25. The number of hydrogen-bond acceptors (Lipinski definition) is 3. The number of aliphatic carboxylic acids is 1. The van der Waals surface area contributed by atoms with Gasteiger partial charge in [0.2, 0.25) is 0 Å². The van der Waals surface area contributed by atoms with Crippen molar-refractivity contribution in [3.05, 3.63) is 0 Å². The Morgan fingerprint density at radius 3 is 2.42 bits per heavy atom. The number of carboxylic acid groups (broad SMARTS) is 1. The Labute approximate surface area is 116 Å². The van der Waals surface area contributed by atoms with Crippen LogP contribution in [-0.2, 0) is 4.79 Å².